The van der Waals surface area contributed by atoms with Crippen molar-refractivity contribution in [2.75, 3.05) is 13.7 Å². The van der Waals surface area contributed by atoms with Gasteiger partial charge in [0.15, 0.2) is 0 Å². The third kappa shape index (κ3) is 2.17. The first kappa shape index (κ1) is 8.01. The average molecular weight is 129 g/mol. The third-order valence-corrected chi connectivity index (χ3v) is 0.970. The Morgan fingerprint density at radius 1 is 1.89 bits per heavy atom. The standard InChI is InChI=1S/C6H11NO2/c1-4-7(5-2)6(8)9-3/h4H,1,5H2,2-3H3. The van der Waals surface area contributed by atoms with Crippen molar-refractivity contribution in [3.63, 3.8) is 0 Å². The zero-order valence-corrected chi connectivity index (χ0v) is 5.76. The van der Waals surface area contributed by atoms with Crippen molar-refractivity contribution in [1.82, 2.24) is 4.90 Å². The van der Waals surface area contributed by atoms with E-state index < -0.39 is 0 Å². The summed E-state index contributed by atoms with van der Waals surface area (Å²) in [6.07, 6.45) is 1.07. The lowest BCUT2D eigenvalue weighted by Gasteiger charge is -2.12. The smallest absolute Gasteiger partial charge is 0.413 e. The van der Waals surface area contributed by atoms with E-state index in [4.69, 9.17) is 0 Å². The number of methoxy groups -OCH3 is 1. The molecule has 0 radical (unpaired) electrons. The van der Waals surface area contributed by atoms with Crippen LogP contribution in [0.5, 0.6) is 0 Å². The first-order chi connectivity index (χ1) is 4.26. The summed E-state index contributed by atoms with van der Waals surface area (Å²) in [6, 6.07) is 0. The van der Waals surface area contributed by atoms with E-state index in [1.54, 1.807) is 0 Å². The quantitative estimate of drug-likeness (QED) is 0.561. The monoisotopic (exact) mass is 129 g/mol. The molecule has 3 nitrogen and oxygen atoms in total. The van der Waals surface area contributed by atoms with E-state index in [2.05, 4.69) is 11.3 Å². The van der Waals surface area contributed by atoms with Crippen LogP contribution >= 0.6 is 0 Å². The lowest BCUT2D eigenvalue weighted by Crippen LogP contribution is -2.24. The second kappa shape index (κ2) is 3.95. The lowest BCUT2D eigenvalue weighted by molar-refractivity contribution is 0.142. The highest BCUT2D eigenvalue weighted by Gasteiger charge is 2.04. The van der Waals surface area contributed by atoms with Crippen molar-refractivity contribution >= 4 is 6.09 Å². The number of rotatable bonds is 2. The van der Waals surface area contributed by atoms with Gasteiger partial charge in [0.25, 0.3) is 0 Å². The molecule has 0 aromatic rings. The summed E-state index contributed by atoms with van der Waals surface area (Å²) in [5, 5.41) is 0. The molecule has 3 heteroatoms. The van der Waals surface area contributed by atoms with Crippen LogP contribution in [-0.2, 0) is 4.74 Å². The summed E-state index contributed by atoms with van der Waals surface area (Å²) in [5.74, 6) is 0. The predicted molar refractivity (Wildman–Crippen MR) is 35.0 cm³/mol. The van der Waals surface area contributed by atoms with Gasteiger partial charge in [-0.1, -0.05) is 6.58 Å². The van der Waals surface area contributed by atoms with Crippen LogP contribution in [-0.4, -0.2) is 24.6 Å². The topological polar surface area (TPSA) is 29.5 Å². The molecule has 0 fully saturated rings. The Kier molecular flexibility index (Phi) is 3.51. The number of carbonyl (C=O) groups excluding carboxylic acids is 1. The molecule has 0 aliphatic carbocycles. The molecule has 0 saturated carbocycles. The Morgan fingerprint density at radius 2 is 2.44 bits per heavy atom. The van der Waals surface area contributed by atoms with Gasteiger partial charge in [0, 0.05) is 12.7 Å². The van der Waals surface area contributed by atoms with Crippen LogP contribution in [0.15, 0.2) is 12.8 Å². The maximum absolute atomic E-state index is 10.6. The Labute approximate surface area is 54.9 Å². The van der Waals surface area contributed by atoms with E-state index in [1.165, 1.54) is 18.2 Å². The number of ether oxygens (including phenoxy) is 1. The Morgan fingerprint density at radius 3 is 2.56 bits per heavy atom. The Hall–Kier alpha value is -0.990. The molecule has 0 spiro atoms. The third-order valence-electron chi connectivity index (χ3n) is 0.970. The highest BCUT2D eigenvalue weighted by molar-refractivity contribution is 5.68. The van der Waals surface area contributed by atoms with Gasteiger partial charge in [-0.25, -0.2) is 4.79 Å². The number of nitrogens with zero attached hydrogens (tertiary/aromatic N) is 1. The van der Waals surface area contributed by atoms with E-state index in [-0.39, 0.29) is 6.09 Å². The molecule has 0 aliphatic heterocycles. The first-order valence-electron chi connectivity index (χ1n) is 2.73. The normalized spacial score (nSPS) is 8.22. The zero-order chi connectivity index (χ0) is 7.28. The largest absolute Gasteiger partial charge is 0.452 e. The van der Waals surface area contributed by atoms with Gasteiger partial charge in [-0.2, -0.15) is 0 Å². The summed E-state index contributed by atoms with van der Waals surface area (Å²) < 4.78 is 4.41. The van der Waals surface area contributed by atoms with Gasteiger partial charge in [0.2, 0.25) is 0 Å². The van der Waals surface area contributed by atoms with Crippen molar-refractivity contribution in [3.8, 4) is 0 Å². The molecule has 0 saturated heterocycles. The molecule has 0 bridgehead atoms. The van der Waals surface area contributed by atoms with Gasteiger partial charge in [-0.3, -0.25) is 4.90 Å². The van der Waals surface area contributed by atoms with E-state index >= 15 is 0 Å². The van der Waals surface area contributed by atoms with Crippen molar-refractivity contribution in [1.29, 1.82) is 0 Å². The molecule has 0 unspecified atom stereocenters. The van der Waals surface area contributed by atoms with E-state index in [0.717, 1.165) is 0 Å². The molecular weight excluding hydrogens is 118 g/mol. The predicted octanol–water partition coefficient (Wildman–Crippen LogP) is 1.22. The van der Waals surface area contributed by atoms with Gasteiger partial charge in [-0.15, -0.1) is 0 Å². The fraction of sp³-hybridized carbons (Fsp3) is 0.500. The minimum absolute atomic E-state index is 0.368. The summed E-state index contributed by atoms with van der Waals surface area (Å²) in [7, 11) is 1.34. The SMILES string of the molecule is C=CN(CC)C(=O)OC. The average Bonchev–Trinajstić information content (AvgIpc) is 1.90. The molecule has 0 aromatic carbocycles. The number of hydrogen-bond donors (Lipinski definition) is 0. The van der Waals surface area contributed by atoms with Crippen molar-refractivity contribution in [3.05, 3.63) is 12.8 Å². The van der Waals surface area contributed by atoms with Crippen LogP contribution in [0.25, 0.3) is 0 Å². The minimum Gasteiger partial charge on any atom is -0.452 e. The maximum Gasteiger partial charge on any atom is 0.413 e. The molecule has 0 N–H and O–H groups in total. The molecular formula is C6H11NO2. The fourth-order valence-electron chi connectivity index (χ4n) is 0.450. The van der Waals surface area contributed by atoms with Crippen LogP contribution in [0.2, 0.25) is 0 Å². The number of hydrogen-bond acceptors (Lipinski definition) is 2. The fourth-order valence-corrected chi connectivity index (χ4v) is 0.450. The highest BCUT2D eigenvalue weighted by Crippen LogP contribution is 1.90. The van der Waals surface area contributed by atoms with Gasteiger partial charge in [-0.05, 0) is 6.92 Å². The second-order valence-corrected chi connectivity index (χ2v) is 1.44. The molecule has 0 aliphatic rings. The van der Waals surface area contributed by atoms with Crippen LogP contribution in [0, 0.1) is 0 Å². The first-order valence-corrected chi connectivity index (χ1v) is 2.73. The van der Waals surface area contributed by atoms with Gasteiger partial charge in [0.05, 0.1) is 7.11 Å². The molecule has 0 atom stereocenters. The number of amides is 1. The molecule has 52 valence electrons. The summed E-state index contributed by atoms with van der Waals surface area (Å²) in [4.78, 5) is 12.0. The molecule has 0 rings (SSSR count). The van der Waals surface area contributed by atoms with Crippen LogP contribution in [0.3, 0.4) is 0 Å². The molecule has 0 aromatic heterocycles. The number of carbonyl (C=O) groups is 1. The Bertz CT molecular complexity index is 112. The maximum atomic E-state index is 10.6. The van der Waals surface area contributed by atoms with Gasteiger partial charge in [0.1, 0.15) is 0 Å². The van der Waals surface area contributed by atoms with Crippen molar-refractivity contribution in [2.24, 2.45) is 0 Å². The van der Waals surface area contributed by atoms with Crippen LogP contribution < -0.4 is 0 Å². The summed E-state index contributed by atoms with van der Waals surface area (Å²) >= 11 is 0. The molecule has 1 amide bonds. The van der Waals surface area contributed by atoms with E-state index in [9.17, 15) is 4.79 Å². The van der Waals surface area contributed by atoms with E-state index in [1.807, 2.05) is 6.92 Å². The molecule has 0 heterocycles. The van der Waals surface area contributed by atoms with Gasteiger partial charge >= 0.3 is 6.09 Å². The van der Waals surface area contributed by atoms with Gasteiger partial charge < -0.3 is 4.74 Å². The van der Waals surface area contributed by atoms with Crippen molar-refractivity contribution < 1.29 is 9.53 Å². The van der Waals surface area contributed by atoms with Crippen molar-refractivity contribution in [2.45, 2.75) is 6.92 Å². The summed E-state index contributed by atoms with van der Waals surface area (Å²) in [6.45, 7) is 5.87. The minimum atomic E-state index is -0.368. The molecule has 9 heavy (non-hydrogen) atoms. The highest BCUT2D eigenvalue weighted by atomic mass is 16.5. The second-order valence-electron chi connectivity index (χ2n) is 1.44. The van der Waals surface area contributed by atoms with E-state index in [0.29, 0.717) is 6.54 Å². The lowest BCUT2D eigenvalue weighted by atomic mass is 10.6. The zero-order valence-electron chi connectivity index (χ0n) is 5.76. The Balaban J connectivity index is 3.78. The summed E-state index contributed by atoms with van der Waals surface area (Å²) in [5.41, 5.74) is 0. The van der Waals surface area contributed by atoms with Crippen LogP contribution in [0.1, 0.15) is 6.92 Å². The van der Waals surface area contributed by atoms with Crippen LogP contribution in [0.4, 0.5) is 4.79 Å².